The highest BCUT2D eigenvalue weighted by atomic mass is 35.5. The maximum atomic E-state index is 9.88. The summed E-state index contributed by atoms with van der Waals surface area (Å²) in [5, 5.41) is 14.5. The lowest BCUT2D eigenvalue weighted by molar-refractivity contribution is 0.122. The molecular formula is C15H15Cl2N5O2. The Morgan fingerprint density at radius 3 is 2.79 bits per heavy atom. The number of hydrogen-bond acceptors (Lipinski definition) is 7. The Morgan fingerprint density at radius 2 is 2.00 bits per heavy atom. The third kappa shape index (κ3) is 4.05. The molecule has 126 valence electrons. The highest BCUT2D eigenvalue weighted by molar-refractivity contribution is 6.36. The first-order chi connectivity index (χ1) is 11.6. The Balaban J connectivity index is 1.70. The molecule has 0 aliphatic carbocycles. The molecular weight excluding hydrogens is 353 g/mol. The van der Waals surface area contributed by atoms with E-state index in [-0.39, 0.29) is 10.8 Å². The van der Waals surface area contributed by atoms with Gasteiger partial charge in [-0.2, -0.15) is 5.10 Å². The zero-order valence-electron chi connectivity index (χ0n) is 12.6. The smallest absolute Gasteiger partial charge is 0.151 e. The number of morpholine rings is 1. The van der Waals surface area contributed by atoms with Crippen LogP contribution in [0.25, 0.3) is 0 Å². The van der Waals surface area contributed by atoms with E-state index in [1.807, 2.05) is 0 Å². The Labute approximate surface area is 148 Å². The van der Waals surface area contributed by atoms with Gasteiger partial charge in [0.2, 0.25) is 0 Å². The van der Waals surface area contributed by atoms with Gasteiger partial charge in [0.25, 0.3) is 0 Å². The molecule has 7 nitrogen and oxygen atoms in total. The number of hydrazone groups is 1. The van der Waals surface area contributed by atoms with Crippen LogP contribution in [0.4, 0.5) is 11.6 Å². The fourth-order valence-corrected chi connectivity index (χ4v) is 2.73. The van der Waals surface area contributed by atoms with Gasteiger partial charge in [0.15, 0.2) is 5.82 Å². The summed E-state index contributed by atoms with van der Waals surface area (Å²) in [6.07, 6.45) is 2.89. The second-order valence-electron chi connectivity index (χ2n) is 5.06. The Morgan fingerprint density at radius 1 is 1.21 bits per heavy atom. The molecule has 9 heteroatoms. The Bertz CT molecular complexity index is 751. The Hall–Kier alpha value is -2.09. The van der Waals surface area contributed by atoms with E-state index in [4.69, 9.17) is 27.9 Å². The normalized spacial score (nSPS) is 15.0. The maximum absolute atomic E-state index is 9.88. The zero-order valence-corrected chi connectivity index (χ0v) is 14.1. The summed E-state index contributed by atoms with van der Waals surface area (Å²) in [6, 6.07) is 4.82. The lowest BCUT2D eigenvalue weighted by Crippen LogP contribution is -2.36. The third-order valence-electron chi connectivity index (χ3n) is 3.43. The number of rotatable bonds is 4. The molecule has 0 bridgehead atoms. The second-order valence-corrected chi connectivity index (χ2v) is 5.90. The van der Waals surface area contributed by atoms with Crippen LogP contribution in [0.15, 0.2) is 29.6 Å². The molecule has 1 aliphatic heterocycles. The first-order valence-electron chi connectivity index (χ1n) is 7.25. The van der Waals surface area contributed by atoms with E-state index in [9.17, 15) is 5.11 Å². The fraction of sp³-hybridized carbons (Fsp3) is 0.267. The fourth-order valence-electron chi connectivity index (χ4n) is 2.23. The van der Waals surface area contributed by atoms with Gasteiger partial charge in [0.1, 0.15) is 17.9 Å². The van der Waals surface area contributed by atoms with E-state index >= 15 is 0 Å². The van der Waals surface area contributed by atoms with Crippen LogP contribution >= 0.6 is 23.2 Å². The average Bonchev–Trinajstić information content (AvgIpc) is 2.60. The largest absolute Gasteiger partial charge is 0.506 e. The van der Waals surface area contributed by atoms with E-state index in [0.29, 0.717) is 29.6 Å². The van der Waals surface area contributed by atoms with Crippen molar-refractivity contribution in [2.24, 2.45) is 5.10 Å². The van der Waals surface area contributed by atoms with Gasteiger partial charge in [0.05, 0.1) is 24.5 Å². The van der Waals surface area contributed by atoms with Crippen LogP contribution < -0.4 is 10.3 Å². The van der Waals surface area contributed by atoms with Gasteiger partial charge in [0, 0.05) is 29.7 Å². The van der Waals surface area contributed by atoms with Crippen molar-refractivity contribution in [2.75, 3.05) is 36.6 Å². The van der Waals surface area contributed by atoms with Crippen LogP contribution in [-0.2, 0) is 4.74 Å². The number of phenols is 1. The SMILES string of the molecule is Oc1c(Cl)cc(Cl)cc1C=NNc1cc(N2CCOCC2)ncn1. The molecule has 1 saturated heterocycles. The van der Waals surface area contributed by atoms with Crippen molar-refractivity contribution in [3.8, 4) is 5.75 Å². The first kappa shape index (κ1) is 16.8. The summed E-state index contributed by atoms with van der Waals surface area (Å²) in [5.41, 5.74) is 3.21. The minimum Gasteiger partial charge on any atom is -0.506 e. The summed E-state index contributed by atoms with van der Waals surface area (Å²) in [5.74, 6) is 1.26. The van der Waals surface area contributed by atoms with Gasteiger partial charge in [-0.05, 0) is 12.1 Å². The third-order valence-corrected chi connectivity index (χ3v) is 3.93. The molecule has 2 N–H and O–H groups in total. The molecule has 2 aromatic rings. The topological polar surface area (TPSA) is 82.9 Å². The van der Waals surface area contributed by atoms with Crippen LogP contribution in [0, 0.1) is 0 Å². The summed E-state index contributed by atoms with van der Waals surface area (Å²) >= 11 is 11.8. The van der Waals surface area contributed by atoms with Crippen molar-refractivity contribution in [3.05, 3.63) is 40.1 Å². The average molecular weight is 368 g/mol. The van der Waals surface area contributed by atoms with Crippen molar-refractivity contribution in [1.82, 2.24) is 9.97 Å². The number of phenolic OH excluding ortho intramolecular Hbond substituents is 1. The van der Waals surface area contributed by atoms with Gasteiger partial charge in [-0.1, -0.05) is 23.2 Å². The van der Waals surface area contributed by atoms with Crippen molar-refractivity contribution in [3.63, 3.8) is 0 Å². The number of benzene rings is 1. The monoisotopic (exact) mass is 367 g/mol. The number of aromatic hydroxyl groups is 1. The van der Waals surface area contributed by atoms with Gasteiger partial charge in [-0.3, -0.25) is 5.43 Å². The predicted octanol–water partition coefficient (Wildman–Crippen LogP) is 2.77. The van der Waals surface area contributed by atoms with Crippen molar-refractivity contribution < 1.29 is 9.84 Å². The van der Waals surface area contributed by atoms with E-state index in [2.05, 4.69) is 25.4 Å². The number of nitrogens with zero attached hydrogens (tertiary/aromatic N) is 4. The molecule has 0 amide bonds. The van der Waals surface area contributed by atoms with Gasteiger partial charge < -0.3 is 14.7 Å². The number of nitrogens with one attached hydrogen (secondary N) is 1. The zero-order chi connectivity index (χ0) is 16.9. The van der Waals surface area contributed by atoms with Crippen molar-refractivity contribution >= 4 is 41.1 Å². The lowest BCUT2D eigenvalue weighted by atomic mass is 10.2. The van der Waals surface area contributed by atoms with Gasteiger partial charge in [-0.25, -0.2) is 9.97 Å². The summed E-state index contributed by atoms with van der Waals surface area (Å²) in [6.45, 7) is 2.93. The molecule has 24 heavy (non-hydrogen) atoms. The molecule has 1 fully saturated rings. The lowest BCUT2D eigenvalue weighted by Gasteiger charge is -2.27. The molecule has 0 atom stereocenters. The van der Waals surface area contributed by atoms with Crippen molar-refractivity contribution in [2.45, 2.75) is 0 Å². The van der Waals surface area contributed by atoms with Gasteiger partial charge >= 0.3 is 0 Å². The van der Waals surface area contributed by atoms with E-state index in [0.717, 1.165) is 18.9 Å². The minimum atomic E-state index is -0.0803. The van der Waals surface area contributed by atoms with Crippen LogP contribution in [0.5, 0.6) is 5.75 Å². The molecule has 0 spiro atoms. The molecule has 0 radical (unpaired) electrons. The van der Waals surface area contributed by atoms with Crippen molar-refractivity contribution in [1.29, 1.82) is 0 Å². The van der Waals surface area contributed by atoms with Gasteiger partial charge in [-0.15, -0.1) is 0 Å². The van der Waals surface area contributed by atoms with Crippen LogP contribution in [0.2, 0.25) is 10.0 Å². The molecule has 2 heterocycles. The van der Waals surface area contributed by atoms with Crippen LogP contribution in [0.3, 0.4) is 0 Å². The number of aromatic nitrogens is 2. The highest BCUT2D eigenvalue weighted by Crippen LogP contribution is 2.30. The maximum Gasteiger partial charge on any atom is 0.151 e. The van der Waals surface area contributed by atoms with E-state index in [1.165, 1.54) is 18.6 Å². The minimum absolute atomic E-state index is 0.0803. The standard InChI is InChI=1S/C15H15Cl2N5O2/c16-11-5-10(15(23)12(17)6-11)8-20-21-13-7-14(19-9-18-13)22-1-3-24-4-2-22/h5-9,23H,1-4H2,(H,18,19,21). The molecule has 0 saturated carbocycles. The molecule has 1 aliphatic rings. The highest BCUT2D eigenvalue weighted by Gasteiger charge is 2.12. The number of ether oxygens (including phenoxy) is 1. The quantitative estimate of drug-likeness (QED) is 0.638. The van der Waals surface area contributed by atoms with E-state index in [1.54, 1.807) is 12.1 Å². The predicted molar refractivity (Wildman–Crippen MR) is 94.4 cm³/mol. The second kappa shape index (κ2) is 7.65. The number of anilines is 2. The number of hydrogen-bond donors (Lipinski definition) is 2. The molecule has 1 aromatic carbocycles. The summed E-state index contributed by atoms with van der Waals surface area (Å²) < 4.78 is 5.33. The summed E-state index contributed by atoms with van der Waals surface area (Å²) in [7, 11) is 0. The molecule has 0 unspecified atom stereocenters. The first-order valence-corrected chi connectivity index (χ1v) is 8.01. The van der Waals surface area contributed by atoms with Crippen LogP contribution in [0.1, 0.15) is 5.56 Å². The Kier molecular flexibility index (Phi) is 5.34. The summed E-state index contributed by atoms with van der Waals surface area (Å²) in [4.78, 5) is 10.5. The van der Waals surface area contributed by atoms with Crippen LogP contribution in [-0.4, -0.2) is 47.6 Å². The molecule has 1 aromatic heterocycles. The molecule has 3 rings (SSSR count). The van der Waals surface area contributed by atoms with E-state index < -0.39 is 0 Å². The number of halogens is 2.